The monoisotopic (exact) mass is 370 g/mol. The lowest BCUT2D eigenvalue weighted by Crippen LogP contribution is -2.52. The third-order valence-corrected chi connectivity index (χ3v) is 4.04. The molecule has 6 heteroatoms. The number of halogens is 4. The maximum atomic E-state index is 13.5. The molecule has 3 unspecified atom stereocenters. The van der Waals surface area contributed by atoms with E-state index in [1.807, 2.05) is 0 Å². The van der Waals surface area contributed by atoms with Crippen LogP contribution in [-0.2, 0) is 4.74 Å². The molecule has 0 saturated heterocycles. The molecule has 1 fully saturated rings. The van der Waals surface area contributed by atoms with E-state index >= 15 is 0 Å². The van der Waals surface area contributed by atoms with E-state index in [2.05, 4.69) is 31.9 Å². The maximum Gasteiger partial charge on any atom is 0.200 e. The fourth-order valence-electron chi connectivity index (χ4n) is 1.72. The number of methoxy groups -OCH3 is 1. The van der Waals surface area contributed by atoms with Crippen molar-refractivity contribution in [3.05, 3.63) is 28.2 Å². The molecule has 0 amide bonds. The summed E-state index contributed by atoms with van der Waals surface area (Å²) in [4.78, 5) is 0.192. The second-order valence-corrected chi connectivity index (χ2v) is 5.90. The van der Waals surface area contributed by atoms with Crippen molar-refractivity contribution in [2.24, 2.45) is 0 Å². The van der Waals surface area contributed by atoms with Crippen LogP contribution in [0.1, 0.15) is 6.42 Å². The molecule has 0 spiro atoms. The summed E-state index contributed by atoms with van der Waals surface area (Å²) < 4.78 is 37.6. The maximum absolute atomic E-state index is 13.5. The lowest BCUT2D eigenvalue weighted by Gasteiger charge is -2.40. The van der Waals surface area contributed by atoms with Crippen molar-refractivity contribution in [1.29, 1.82) is 0 Å². The molecule has 2 nitrogen and oxygen atoms in total. The summed E-state index contributed by atoms with van der Waals surface area (Å²) in [7, 11) is 1.56. The lowest BCUT2D eigenvalue weighted by molar-refractivity contribution is -0.0560. The van der Waals surface area contributed by atoms with Crippen molar-refractivity contribution in [1.82, 2.24) is 0 Å². The van der Waals surface area contributed by atoms with Gasteiger partial charge in [-0.2, -0.15) is 4.39 Å². The zero-order valence-corrected chi connectivity index (χ0v) is 12.1. The molecular formula is C11H10Br2F2O2. The predicted molar refractivity (Wildman–Crippen MR) is 66.6 cm³/mol. The van der Waals surface area contributed by atoms with Crippen LogP contribution in [0.4, 0.5) is 8.78 Å². The quantitative estimate of drug-likeness (QED) is 0.596. The Morgan fingerprint density at radius 3 is 2.65 bits per heavy atom. The van der Waals surface area contributed by atoms with Crippen LogP contribution >= 0.6 is 31.9 Å². The van der Waals surface area contributed by atoms with Gasteiger partial charge in [0.15, 0.2) is 11.6 Å². The van der Waals surface area contributed by atoms with Crippen molar-refractivity contribution in [3.63, 3.8) is 0 Å². The number of benzene rings is 1. The molecule has 1 aromatic carbocycles. The lowest BCUT2D eigenvalue weighted by atomic mass is 9.91. The van der Waals surface area contributed by atoms with Gasteiger partial charge in [0, 0.05) is 22.8 Å². The summed E-state index contributed by atoms with van der Waals surface area (Å²) in [6, 6.07) is 2.47. The minimum atomic E-state index is -0.971. The highest BCUT2D eigenvalue weighted by Gasteiger charge is 2.42. The molecule has 1 aromatic rings. The molecule has 3 atom stereocenters. The molecule has 17 heavy (non-hydrogen) atoms. The molecule has 1 saturated carbocycles. The van der Waals surface area contributed by atoms with Gasteiger partial charge in [-0.15, -0.1) is 0 Å². The predicted octanol–water partition coefficient (Wildman–Crippen LogP) is 3.66. The summed E-state index contributed by atoms with van der Waals surface area (Å²) in [5, 5.41) is 0. The molecule has 1 aliphatic rings. The van der Waals surface area contributed by atoms with Crippen molar-refractivity contribution in [2.45, 2.75) is 23.5 Å². The van der Waals surface area contributed by atoms with E-state index in [-0.39, 0.29) is 22.8 Å². The van der Waals surface area contributed by atoms with Gasteiger partial charge in [-0.3, -0.25) is 0 Å². The second kappa shape index (κ2) is 5.20. The van der Waals surface area contributed by atoms with Crippen LogP contribution in [0.2, 0.25) is 0 Å². The molecule has 0 N–H and O–H groups in total. The Morgan fingerprint density at radius 1 is 1.35 bits per heavy atom. The molecule has 0 bridgehead atoms. The Bertz CT molecular complexity index is 428. The van der Waals surface area contributed by atoms with Crippen molar-refractivity contribution in [3.8, 4) is 5.75 Å². The average Bonchev–Trinajstić information content (AvgIpc) is 2.24. The highest BCUT2D eigenvalue weighted by molar-refractivity contribution is 9.10. The first-order valence-corrected chi connectivity index (χ1v) is 6.72. The van der Waals surface area contributed by atoms with Gasteiger partial charge >= 0.3 is 0 Å². The number of alkyl halides is 1. The first-order valence-electron chi connectivity index (χ1n) is 5.01. The van der Waals surface area contributed by atoms with E-state index in [4.69, 9.17) is 9.47 Å². The second-order valence-electron chi connectivity index (χ2n) is 3.81. The fraction of sp³-hybridized carbons (Fsp3) is 0.455. The van der Waals surface area contributed by atoms with Gasteiger partial charge in [0.1, 0.15) is 12.2 Å². The van der Waals surface area contributed by atoms with E-state index in [1.54, 1.807) is 7.11 Å². The van der Waals surface area contributed by atoms with Crippen LogP contribution < -0.4 is 4.74 Å². The average molecular weight is 372 g/mol. The summed E-state index contributed by atoms with van der Waals surface area (Å²) in [5.74, 6) is -2.00. The SMILES string of the molecule is COC1C(Br)CC1Oc1cc(Br)cc(F)c1F. The van der Waals surface area contributed by atoms with E-state index in [0.29, 0.717) is 10.9 Å². The molecular weight excluding hydrogens is 362 g/mol. The summed E-state index contributed by atoms with van der Waals surface area (Å²) in [6.45, 7) is 0. The van der Waals surface area contributed by atoms with Gasteiger partial charge in [0.25, 0.3) is 0 Å². The largest absolute Gasteiger partial charge is 0.484 e. The number of ether oxygens (including phenoxy) is 2. The number of hydrogen-bond donors (Lipinski definition) is 0. The Hall–Kier alpha value is -0.200. The minimum absolute atomic E-state index is 0.0941. The molecule has 94 valence electrons. The van der Waals surface area contributed by atoms with Crippen LogP contribution in [-0.4, -0.2) is 24.1 Å². The van der Waals surface area contributed by atoms with E-state index in [0.717, 1.165) is 6.07 Å². The topological polar surface area (TPSA) is 18.5 Å². The molecule has 0 heterocycles. The normalized spacial score (nSPS) is 27.7. The van der Waals surface area contributed by atoms with Crippen molar-refractivity contribution < 1.29 is 18.3 Å². The van der Waals surface area contributed by atoms with Gasteiger partial charge in [-0.25, -0.2) is 4.39 Å². The van der Waals surface area contributed by atoms with E-state index in [1.165, 1.54) is 6.07 Å². The van der Waals surface area contributed by atoms with E-state index < -0.39 is 11.6 Å². The molecule has 1 aliphatic carbocycles. The highest BCUT2D eigenvalue weighted by atomic mass is 79.9. The summed E-state index contributed by atoms with van der Waals surface area (Å²) >= 11 is 6.50. The standard InChI is InChI=1S/C11H10Br2F2O2/c1-16-11-6(13)4-9(11)17-8-3-5(12)2-7(14)10(8)15/h2-3,6,9,11H,4H2,1H3. The molecule has 2 rings (SSSR count). The zero-order valence-electron chi connectivity index (χ0n) is 8.92. The van der Waals surface area contributed by atoms with Gasteiger partial charge in [0.05, 0.1) is 0 Å². The minimum Gasteiger partial charge on any atom is -0.484 e. The van der Waals surface area contributed by atoms with Crippen LogP contribution in [0.25, 0.3) is 0 Å². The summed E-state index contributed by atoms with van der Waals surface area (Å²) in [6.07, 6.45) is 0.301. The van der Waals surface area contributed by atoms with Crippen LogP contribution in [0.15, 0.2) is 16.6 Å². The Morgan fingerprint density at radius 2 is 2.06 bits per heavy atom. The fourth-order valence-corrected chi connectivity index (χ4v) is 3.06. The van der Waals surface area contributed by atoms with Crippen LogP contribution in [0, 0.1) is 11.6 Å². The van der Waals surface area contributed by atoms with Crippen molar-refractivity contribution in [2.75, 3.05) is 7.11 Å². The van der Waals surface area contributed by atoms with Gasteiger partial charge < -0.3 is 9.47 Å². The first kappa shape index (κ1) is 13.2. The zero-order chi connectivity index (χ0) is 12.6. The smallest absolute Gasteiger partial charge is 0.200 e. The van der Waals surface area contributed by atoms with E-state index in [9.17, 15) is 8.78 Å². The van der Waals surface area contributed by atoms with Gasteiger partial charge in [-0.1, -0.05) is 31.9 Å². The first-order chi connectivity index (χ1) is 8.02. The van der Waals surface area contributed by atoms with Crippen LogP contribution in [0.5, 0.6) is 5.75 Å². The third kappa shape index (κ3) is 2.63. The Balaban J connectivity index is 2.14. The van der Waals surface area contributed by atoms with Gasteiger partial charge in [0.2, 0.25) is 5.82 Å². The molecule has 0 aliphatic heterocycles. The molecule has 0 aromatic heterocycles. The van der Waals surface area contributed by atoms with Crippen molar-refractivity contribution >= 4 is 31.9 Å². The van der Waals surface area contributed by atoms with Crippen LogP contribution in [0.3, 0.4) is 0 Å². The number of rotatable bonds is 3. The molecule has 0 radical (unpaired) electrons. The summed E-state index contributed by atoms with van der Waals surface area (Å²) in [5.41, 5.74) is 0. The third-order valence-electron chi connectivity index (χ3n) is 2.69. The highest BCUT2D eigenvalue weighted by Crippen LogP contribution is 2.35. The van der Waals surface area contributed by atoms with Gasteiger partial charge in [-0.05, 0) is 12.1 Å². The Labute approximate surface area is 115 Å². The number of hydrogen-bond acceptors (Lipinski definition) is 2. The Kier molecular flexibility index (Phi) is 4.05.